The fourth-order valence-corrected chi connectivity index (χ4v) is 3.58. The monoisotopic (exact) mass is 256 g/mol. The highest BCUT2D eigenvalue weighted by atomic mass is 15.2. The van der Waals surface area contributed by atoms with E-state index >= 15 is 0 Å². The molecule has 0 atom stereocenters. The molecular formula is C17H24N2. The molecule has 1 aliphatic heterocycles. The number of nitrogens with zero attached hydrogens (tertiary/aromatic N) is 1. The summed E-state index contributed by atoms with van der Waals surface area (Å²) in [6, 6.07) is 9.73. The standard InChI is InChI=1S/C17H24N2/c1-2-4-16-12-19(11-15(16)3-1)10-9-18-17(13-5-6-13)14-7-8-14/h1-4,13-14,17-18H,5-12H2. The van der Waals surface area contributed by atoms with Crippen LogP contribution in [0.3, 0.4) is 0 Å². The summed E-state index contributed by atoms with van der Waals surface area (Å²) in [6.07, 6.45) is 5.90. The molecule has 0 radical (unpaired) electrons. The number of rotatable bonds is 6. The molecule has 0 amide bonds. The zero-order valence-electron chi connectivity index (χ0n) is 11.6. The van der Waals surface area contributed by atoms with Crippen molar-refractivity contribution in [3.63, 3.8) is 0 Å². The summed E-state index contributed by atoms with van der Waals surface area (Å²) < 4.78 is 0. The van der Waals surface area contributed by atoms with Crippen molar-refractivity contribution in [1.29, 1.82) is 0 Å². The van der Waals surface area contributed by atoms with Crippen LogP contribution in [-0.2, 0) is 13.1 Å². The van der Waals surface area contributed by atoms with Gasteiger partial charge in [-0.2, -0.15) is 0 Å². The summed E-state index contributed by atoms with van der Waals surface area (Å²) in [5.41, 5.74) is 3.06. The van der Waals surface area contributed by atoms with Crippen molar-refractivity contribution >= 4 is 0 Å². The van der Waals surface area contributed by atoms with Crippen LogP contribution in [0.4, 0.5) is 0 Å². The average molecular weight is 256 g/mol. The van der Waals surface area contributed by atoms with E-state index in [1.165, 1.54) is 49.9 Å². The highest BCUT2D eigenvalue weighted by Gasteiger charge is 2.40. The lowest BCUT2D eigenvalue weighted by Gasteiger charge is -2.20. The van der Waals surface area contributed by atoms with Gasteiger partial charge < -0.3 is 5.32 Å². The molecule has 2 aliphatic carbocycles. The molecule has 4 rings (SSSR count). The Morgan fingerprint density at radius 2 is 1.58 bits per heavy atom. The van der Waals surface area contributed by atoms with Gasteiger partial charge >= 0.3 is 0 Å². The van der Waals surface area contributed by atoms with E-state index in [4.69, 9.17) is 0 Å². The third kappa shape index (κ3) is 2.70. The molecule has 3 aliphatic rings. The van der Waals surface area contributed by atoms with Crippen LogP contribution >= 0.6 is 0 Å². The fourth-order valence-electron chi connectivity index (χ4n) is 3.58. The molecule has 1 aromatic carbocycles. The van der Waals surface area contributed by atoms with Gasteiger partial charge in [-0.05, 0) is 48.6 Å². The van der Waals surface area contributed by atoms with Gasteiger partial charge in [-0.15, -0.1) is 0 Å². The number of nitrogens with one attached hydrogen (secondary N) is 1. The van der Waals surface area contributed by atoms with Crippen molar-refractivity contribution in [2.75, 3.05) is 13.1 Å². The van der Waals surface area contributed by atoms with Crippen molar-refractivity contribution in [3.8, 4) is 0 Å². The van der Waals surface area contributed by atoms with Crippen LogP contribution < -0.4 is 5.32 Å². The Bertz CT molecular complexity index is 411. The highest BCUT2D eigenvalue weighted by Crippen LogP contribution is 2.44. The molecule has 102 valence electrons. The molecule has 2 heteroatoms. The summed E-state index contributed by atoms with van der Waals surface area (Å²) in [7, 11) is 0. The van der Waals surface area contributed by atoms with Gasteiger partial charge in [-0.1, -0.05) is 24.3 Å². The van der Waals surface area contributed by atoms with Gasteiger partial charge in [0.05, 0.1) is 0 Å². The number of hydrogen-bond acceptors (Lipinski definition) is 2. The molecule has 2 fully saturated rings. The molecule has 0 spiro atoms. The van der Waals surface area contributed by atoms with E-state index in [0.717, 1.165) is 31.0 Å². The summed E-state index contributed by atoms with van der Waals surface area (Å²) in [4.78, 5) is 2.58. The molecule has 1 heterocycles. The van der Waals surface area contributed by atoms with Crippen LogP contribution in [0.5, 0.6) is 0 Å². The lowest BCUT2D eigenvalue weighted by Crippen LogP contribution is -2.38. The van der Waals surface area contributed by atoms with E-state index in [9.17, 15) is 0 Å². The van der Waals surface area contributed by atoms with E-state index in [2.05, 4.69) is 34.5 Å². The Morgan fingerprint density at radius 3 is 2.11 bits per heavy atom. The van der Waals surface area contributed by atoms with Crippen LogP contribution in [0.2, 0.25) is 0 Å². The third-order valence-corrected chi connectivity index (χ3v) is 4.97. The Hall–Kier alpha value is -0.860. The van der Waals surface area contributed by atoms with Gasteiger partial charge in [0.1, 0.15) is 0 Å². The Labute approximate surface area is 116 Å². The van der Waals surface area contributed by atoms with Crippen molar-refractivity contribution < 1.29 is 0 Å². The van der Waals surface area contributed by atoms with Crippen LogP contribution in [0.15, 0.2) is 24.3 Å². The van der Waals surface area contributed by atoms with Gasteiger partial charge in [-0.3, -0.25) is 4.90 Å². The first-order chi connectivity index (χ1) is 9.40. The Kier molecular flexibility index (Phi) is 3.08. The van der Waals surface area contributed by atoms with E-state index in [1.54, 1.807) is 0 Å². The van der Waals surface area contributed by atoms with Gasteiger partial charge in [-0.25, -0.2) is 0 Å². The quantitative estimate of drug-likeness (QED) is 0.842. The second-order valence-electron chi connectivity index (χ2n) is 6.63. The van der Waals surface area contributed by atoms with Gasteiger partial charge in [0, 0.05) is 32.2 Å². The first-order valence-electron chi connectivity index (χ1n) is 7.93. The van der Waals surface area contributed by atoms with Crippen LogP contribution in [-0.4, -0.2) is 24.0 Å². The molecule has 1 N–H and O–H groups in total. The first kappa shape index (κ1) is 11.9. The highest BCUT2D eigenvalue weighted by molar-refractivity contribution is 5.30. The van der Waals surface area contributed by atoms with Crippen LogP contribution in [0, 0.1) is 11.8 Å². The number of benzene rings is 1. The maximum atomic E-state index is 3.86. The molecular weight excluding hydrogens is 232 g/mol. The van der Waals surface area contributed by atoms with E-state index in [1.807, 2.05) is 0 Å². The smallest absolute Gasteiger partial charge is 0.0241 e. The van der Waals surface area contributed by atoms with Gasteiger partial charge in [0.15, 0.2) is 0 Å². The van der Waals surface area contributed by atoms with E-state index in [-0.39, 0.29) is 0 Å². The van der Waals surface area contributed by atoms with Crippen LogP contribution in [0.25, 0.3) is 0 Å². The molecule has 2 saturated carbocycles. The van der Waals surface area contributed by atoms with Gasteiger partial charge in [0.25, 0.3) is 0 Å². The van der Waals surface area contributed by atoms with Crippen molar-refractivity contribution in [2.45, 2.75) is 44.8 Å². The minimum atomic E-state index is 0.852. The lowest BCUT2D eigenvalue weighted by atomic mass is 10.1. The summed E-state index contributed by atoms with van der Waals surface area (Å²) in [5.74, 6) is 2.03. The minimum Gasteiger partial charge on any atom is -0.312 e. The largest absolute Gasteiger partial charge is 0.312 e. The summed E-state index contributed by atoms with van der Waals surface area (Å²) in [6.45, 7) is 4.67. The molecule has 0 saturated heterocycles. The fraction of sp³-hybridized carbons (Fsp3) is 0.647. The predicted octanol–water partition coefficient (Wildman–Crippen LogP) is 2.78. The summed E-state index contributed by atoms with van der Waals surface area (Å²) in [5, 5.41) is 3.86. The van der Waals surface area contributed by atoms with Crippen molar-refractivity contribution in [2.24, 2.45) is 11.8 Å². The molecule has 19 heavy (non-hydrogen) atoms. The maximum absolute atomic E-state index is 3.86. The third-order valence-electron chi connectivity index (χ3n) is 4.97. The zero-order chi connectivity index (χ0) is 12.7. The maximum Gasteiger partial charge on any atom is 0.0241 e. The molecule has 2 nitrogen and oxygen atoms in total. The summed E-state index contributed by atoms with van der Waals surface area (Å²) >= 11 is 0. The average Bonchev–Trinajstić information content (AvgIpc) is 3.32. The lowest BCUT2D eigenvalue weighted by molar-refractivity contribution is 0.271. The topological polar surface area (TPSA) is 15.3 Å². The SMILES string of the molecule is c1ccc2c(c1)CN(CCNC(C1CC1)C1CC1)C2. The van der Waals surface area contributed by atoms with Crippen molar-refractivity contribution in [3.05, 3.63) is 35.4 Å². The Morgan fingerprint density at radius 1 is 1.00 bits per heavy atom. The van der Waals surface area contributed by atoms with Crippen LogP contribution in [0.1, 0.15) is 36.8 Å². The first-order valence-corrected chi connectivity index (χ1v) is 7.93. The van der Waals surface area contributed by atoms with Gasteiger partial charge in [0.2, 0.25) is 0 Å². The normalized spacial score (nSPS) is 23.0. The second-order valence-corrected chi connectivity index (χ2v) is 6.63. The zero-order valence-corrected chi connectivity index (χ0v) is 11.6. The number of hydrogen-bond donors (Lipinski definition) is 1. The molecule has 0 bridgehead atoms. The predicted molar refractivity (Wildman–Crippen MR) is 77.8 cm³/mol. The van der Waals surface area contributed by atoms with E-state index in [0.29, 0.717) is 0 Å². The Balaban J connectivity index is 1.25. The molecule has 0 unspecified atom stereocenters. The minimum absolute atomic E-state index is 0.852. The number of fused-ring (bicyclic) bond motifs is 1. The van der Waals surface area contributed by atoms with E-state index < -0.39 is 0 Å². The molecule has 0 aromatic heterocycles. The van der Waals surface area contributed by atoms with Crippen molar-refractivity contribution in [1.82, 2.24) is 10.2 Å². The molecule has 1 aromatic rings. The second kappa shape index (κ2) is 4.92.